The average Bonchev–Trinajstić information content (AvgIpc) is 2.98. The van der Waals surface area contributed by atoms with Gasteiger partial charge in [-0.15, -0.1) is 0 Å². The molecule has 0 saturated heterocycles. The topological polar surface area (TPSA) is 97.0 Å². The minimum atomic E-state index is -1.61. The van der Waals surface area contributed by atoms with Gasteiger partial charge in [0.15, 0.2) is 5.76 Å². The van der Waals surface area contributed by atoms with Gasteiger partial charge in [-0.05, 0) is 32.0 Å². The third-order valence-electron chi connectivity index (χ3n) is 3.15. The molecule has 0 bridgehead atoms. The molecular weight excluding hydrogens is 331 g/mol. The first kappa shape index (κ1) is 18.3. The highest BCUT2D eigenvalue weighted by Crippen LogP contribution is 2.25. The molecule has 0 aliphatic heterocycles. The number of carboxylic acids is 1. The molecule has 0 unspecified atom stereocenters. The Morgan fingerprint density at radius 1 is 1.24 bits per heavy atom. The molecule has 25 heavy (non-hydrogen) atoms. The Morgan fingerprint density at radius 3 is 2.60 bits per heavy atom. The van der Waals surface area contributed by atoms with Crippen molar-refractivity contribution in [3.05, 3.63) is 65.1 Å². The fourth-order valence-corrected chi connectivity index (χ4v) is 2.09. The van der Waals surface area contributed by atoms with Gasteiger partial charge in [-0.2, -0.15) is 0 Å². The van der Waals surface area contributed by atoms with Crippen LogP contribution in [0.3, 0.4) is 0 Å². The third kappa shape index (κ3) is 4.94. The Bertz CT molecular complexity index is 819. The van der Waals surface area contributed by atoms with E-state index in [0.29, 0.717) is 23.1 Å². The zero-order valence-corrected chi connectivity index (χ0v) is 13.7. The zero-order valence-electron chi connectivity index (χ0n) is 13.7. The molecule has 0 saturated carbocycles. The summed E-state index contributed by atoms with van der Waals surface area (Å²) in [6, 6.07) is 7.05. The number of furan rings is 1. The molecule has 0 amide bonds. The molecule has 1 heterocycles. The summed E-state index contributed by atoms with van der Waals surface area (Å²) in [6.45, 7) is 3.64. The van der Waals surface area contributed by atoms with Crippen LogP contribution in [0.2, 0.25) is 0 Å². The van der Waals surface area contributed by atoms with Gasteiger partial charge in [0.05, 0.1) is 6.10 Å². The molecule has 2 N–H and O–H groups in total. The van der Waals surface area contributed by atoms with Gasteiger partial charge >= 0.3 is 5.97 Å². The van der Waals surface area contributed by atoms with Crippen LogP contribution in [0, 0.1) is 5.82 Å². The molecule has 0 atom stereocenters. The van der Waals surface area contributed by atoms with Crippen molar-refractivity contribution in [1.82, 2.24) is 0 Å². The van der Waals surface area contributed by atoms with Crippen LogP contribution in [0.15, 0.2) is 46.6 Å². The van der Waals surface area contributed by atoms with E-state index in [4.69, 9.17) is 19.4 Å². The van der Waals surface area contributed by atoms with E-state index in [1.807, 2.05) is 13.8 Å². The van der Waals surface area contributed by atoms with E-state index in [9.17, 15) is 14.0 Å². The van der Waals surface area contributed by atoms with Crippen molar-refractivity contribution in [2.75, 3.05) is 0 Å². The largest absolute Gasteiger partial charge is 0.502 e. The van der Waals surface area contributed by atoms with Crippen molar-refractivity contribution in [2.24, 2.45) is 0 Å². The second kappa shape index (κ2) is 7.65. The highest BCUT2D eigenvalue weighted by molar-refractivity contribution is 6.06. The monoisotopic (exact) mass is 348 g/mol. The van der Waals surface area contributed by atoms with Crippen molar-refractivity contribution < 1.29 is 33.3 Å². The van der Waals surface area contributed by atoms with Crippen LogP contribution in [0.4, 0.5) is 4.39 Å². The molecule has 0 aliphatic carbocycles. The van der Waals surface area contributed by atoms with Gasteiger partial charge in [-0.1, -0.05) is 6.07 Å². The Balaban J connectivity index is 2.20. The molecule has 6 nitrogen and oxygen atoms in total. The Labute approximate surface area is 143 Å². The second-order valence-electron chi connectivity index (χ2n) is 5.56. The normalized spacial score (nSPS) is 11.6. The van der Waals surface area contributed by atoms with Crippen LogP contribution in [-0.4, -0.2) is 28.1 Å². The summed E-state index contributed by atoms with van der Waals surface area (Å²) in [4.78, 5) is 22.3. The van der Waals surface area contributed by atoms with Gasteiger partial charge < -0.3 is 19.4 Å². The summed E-state index contributed by atoms with van der Waals surface area (Å²) in [7, 11) is 0. The van der Waals surface area contributed by atoms with E-state index in [2.05, 4.69) is 0 Å². The highest BCUT2D eigenvalue weighted by Gasteiger charge is 2.15. The van der Waals surface area contributed by atoms with Crippen molar-refractivity contribution in [3.8, 4) is 5.75 Å². The molecule has 0 fully saturated rings. The summed E-state index contributed by atoms with van der Waals surface area (Å²) in [5.74, 6) is -3.21. The minimum absolute atomic E-state index is 0.115. The number of carbonyl (C=O) groups is 2. The van der Waals surface area contributed by atoms with Crippen molar-refractivity contribution >= 4 is 11.8 Å². The number of aliphatic carboxylic acids is 1. The van der Waals surface area contributed by atoms with Crippen LogP contribution in [0.5, 0.6) is 5.75 Å². The summed E-state index contributed by atoms with van der Waals surface area (Å²) in [5.41, 5.74) is 0.673. The van der Waals surface area contributed by atoms with Crippen molar-refractivity contribution in [2.45, 2.75) is 26.4 Å². The van der Waals surface area contributed by atoms with Gasteiger partial charge in [-0.3, -0.25) is 4.79 Å². The van der Waals surface area contributed by atoms with Crippen LogP contribution in [-0.2, 0) is 11.2 Å². The van der Waals surface area contributed by atoms with E-state index < -0.39 is 23.3 Å². The van der Waals surface area contributed by atoms with Gasteiger partial charge in [0.25, 0.3) is 0 Å². The number of benzene rings is 1. The molecule has 0 radical (unpaired) electrons. The minimum Gasteiger partial charge on any atom is -0.502 e. The van der Waals surface area contributed by atoms with Gasteiger partial charge in [0.1, 0.15) is 17.3 Å². The van der Waals surface area contributed by atoms with Gasteiger partial charge in [0.2, 0.25) is 11.5 Å². The number of halogens is 1. The lowest BCUT2D eigenvalue weighted by molar-refractivity contribution is -0.135. The summed E-state index contributed by atoms with van der Waals surface area (Å²) in [6.07, 6.45) is 0.679. The van der Waals surface area contributed by atoms with Crippen molar-refractivity contribution in [1.29, 1.82) is 0 Å². The fourth-order valence-electron chi connectivity index (χ4n) is 2.09. The quantitative estimate of drug-likeness (QED) is 0.451. The van der Waals surface area contributed by atoms with Crippen LogP contribution >= 0.6 is 0 Å². The number of rotatable bonds is 7. The number of allylic oxidation sites excluding steroid dienone is 1. The van der Waals surface area contributed by atoms with E-state index >= 15 is 0 Å². The molecule has 0 spiro atoms. The molecule has 1 aromatic heterocycles. The molecule has 2 rings (SSSR count). The van der Waals surface area contributed by atoms with Crippen LogP contribution < -0.4 is 4.74 Å². The first-order valence-electron chi connectivity index (χ1n) is 7.48. The van der Waals surface area contributed by atoms with E-state index in [0.717, 1.165) is 0 Å². The second-order valence-corrected chi connectivity index (χ2v) is 5.56. The molecule has 0 aliphatic rings. The molecule has 132 valence electrons. The number of hydrogen-bond acceptors (Lipinski definition) is 5. The number of aliphatic hydroxyl groups is 1. The molecular formula is C18H17FO6. The van der Waals surface area contributed by atoms with Crippen LogP contribution in [0.25, 0.3) is 0 Å². The Kier molecular flexibility index (Phi) is 5.59. The number of aliphatic hydroxyl groups excluding tert-OH is 1. The van der Waals surface area contributed by atoms with Crippen molar-refractivity contribution in [3.63, 3.8) is 0 Å². The first-order valence-corrected chi connectivity index (χ1v) is 7.48. The maximum Gasteiger partial charge on any atom is 0.371 e. The predicted octanol–water partition coefficient (Wildman–Crippen LogP) is 3.51. The highest BCUT2D eigenvalue weighted by atomic mass is 19.1. The van der Waals surface area contributed by atoms with Gasteiger partial charge in [0, 0.05) is 24.1 Å². The lowest BCUT2D eigenvalue weighted by Crippen LogP contribution is -2.08. The van der Waals surface area contributed by atoms with Crippen LogP contribution in [0.1, 0.15) is 35.7 Å². The standard InChI is InChI=1S/C18H17FO6/c1-10(2)24-17-8-12(19)4-3-11(17)7-13-5-6-16(25-13)14(20)9-15(21)18(22)23/h3-6,8-10,21H,7H2,1-2H3,(H,22,23). The first-order chi connectivity index (χ1) is 11.8. The summed E-state index contributed by atoms with van der Waals surface area (Å²) >= 11 is 0. The average molecular weight is 348 g/mol. The lowest BCUT2D eigenvalue weighted by atomic mass is 10.1. The maximum absolute atomic E-state index is 13.4. The number of carboxylic acid groups (broad SMARTS) is 1. The number of ether oxygens (including phenoxy) is 1. The summed E-state index contributed by atoms with van der Waals surface area (Å²) in [5, 5.41) is 17.7. The smallest absolute Gasteiger partial charge is 0.371 e. The Morgan fingerprint density at radius 2 is 1.96 bits per heavy atom. The molecule has 2 aromatic rings. The zero-order chi connectivity index (χ0) is 18.6. The number of carbonyl (C=O) groups excluding carboxylic acids is 1. The number of ketones is 1. The molecule has 7 heteroatoms. The maximum atomic E-state index is 13.4. The van der Waals surface area contributed by atoms with Gasteiger partial charge in [-0.25, -0.2) is 9.18 Å². The SMILES string of the molecule is CC(C)Oc1cc(F)ccc1Cc1ccc(C(=O)C=C(O)C(=O)O)o1. The lowest BCUT2D eigenvalue weighted by Gasteiger charge is -2.13. The van der Waals surface area contributed by atoms with E-state index in [1.54, 1.807) is 12.1 Å². The third-order valence-corrected chi connectivity index (χ3v) is 3.15. The Hall–Kier alpha value is -3.09. The fraction of sp³-hybridized carbons (Fsp3) is 0.222. The number of hydrogen-bond donors (Lipinski definition) is 2. The summed E-state index contributed by atoms with van der Waals surface area (Å²) < 4.78 is 24.4. The van der Waals surface area contributed by atoms with E-state index in [1.165, 1.54) is 18.2 Å². The predicted molar refractivity (Wildman–Crippen MR) is 86.4 cm³/mol. The van der Waals surface area contributed by atoms with E-state index in [-0.39, 0.29) is 18.3 Å². The molecule has 1 aromatic carbocycles.